The van der Waals surface area contributed by atoms with E-state index in [0.717, 1.165) is 0 Å². The van der Waals surface area contributed by atoms with E-state index in [1.54, 1.807) is 6.07 Å². The minimum absolute atomic E-state index is 0.0746. The Morgan fingerprint density at radius 2 is 2.14 bits per heavy atom. The fourth-order valence-electron chi connectivity index (χ4n) is 1.55. The number of carboxylic acid groups (broad SMARTS) is 1. The van der Waals surface area contributed by atoms with Gasteiger partial charge in [-0.3, -0.25) is 0 Å². The quantitative estimate of drug-likeness (QED) is 0.754. The van der Waals surface area contributed by atoms with Crippen molar-refractivity contribution in [1.29, 1.82) is 0 Å². The predicted molar refractivity (Wildman–Crippen MR) is 76.1 cm³/mol. The first kappa shape index (κ1) is 15.0. The SMILES string of the molecule is O=C(NCCc1ncno1)Nc1cc(Br)cc(C(=O)O)c1. The number of carbonyl (C=O) groups excluding carboxylic acids is 1. The van der Waals surface area contributed by atoms with E-state index >= 15 is 0 Å². The molecule has 0 aliphatic heterocycles. The molecule has 9 heteroatoms. The van der Waals surface area contributed by atoms with E-state index in [0.29, 0.717) is 29.0 Å². The molecule has 0 saturated heterocycles. The summed E-state index contributed by atoms with van der Waals surface area (Å²) in [7, 11) is 0. The van der Waals surface area contributed by atoms with Crippen molar-refractivity contribution >= 4 is 33.6 Å². The summed E-state index contributed by atoms with van der Waals surface area (Å²) in [5.74, 6) is -0.651. The maximum Gasteiger partial charge on any atom is 0.335 e. The van der Waals surface area contributed by atoms with Crippen molar-refractivity contribution in [3.63, 3.8) is 0 Å². The van der Waals surface area contributed by atoms with E-state index in [-0.39, 0.29) is 5.56 Å². The largest absolute Gasteiger partial charge is 0.478 e. The van der Waals surface area contributed by atoms with Gasteiger partial charge >= 0.3 is 12.0 Å². The van der Waals surface area contributed by atoms with Crippen LogP contribution in [0.4, 0.5) is 10.5 Å². The Morgan fingerprint density at radius 1 is 1.33 bits per heavy atom. The Labute approximate surface area is 127 Å². The molecule has 3 N–H and O–H groups in total. The molecule has 2 amide bonds. The number of rotatable bonds is 5. The molecule has 0 fully saturated rings. The van der Waals surface area contributed by atoms with Crippen LogP contribution in [0, 0.1) is 0 Å². The summed E-state index contributed by atoms with van der Waals surface area (Å²) >= 11 is 3.19. The summed E-state index contributed by atoms with van der Waals surface area (Å²) < 4.78 is 5.35. The third kappa shape index (κ3) is 4.56. The molecule has 0 saturated carbocycles. The second-order valence-corrected chi connectivity index (χ2v) is 4.92. The lowest BCUT2D eigenvalue weighted by molar-refractivity contribution is 0.0697. The van der Waals surface area contributed by atoms with Gasteiger partial charge < -0.3 is 20.3 Å². The number of hydrogen-bond acceptors (Lipinski definition) is 5. The maximum atomic E-state index is 11.7. The predicted octanol–water partition coefficient (Wildman–Crippen LogP) is 1.89. The molecular formula is C12H11BrN4O4. The number of hydrogen-bond donors (Lipinski definition) is 3. The molecular weight excluding hydrogens is 344 g/mol. The third-order valence-corrected chi connectivity index (χ3v) is 2.89. The standard InChI is InChI=1S/C12H11BrN4O4/c13-8-3-7(11(18)19)4-9(5-8)17-12(20)14-2-1-10-15-6-16-21-10/h3-6H,1-2H2,(H,18,19)(H2,14,17,20). The average Bonchev–Trinajstić information content (AvgIpc) is 2.91. The fraction of sp³-hybridized carbons (Fsp3) is 0.167. The number of urea groups is 1. The Bertz CT molecular complexity index is 645. The van der Waals surface area contributed by atoms with Crippen LogP contribution in [-0.4, -0.2) is 33.8 Å². The van der Waals surface area contributed by atoms with E-state index in [9.17, 15) is 9.59 Å². The number of aromatic nitrogens is 2. The average molecular weight is 355 g/mol. The second kappa shape index (κ2) is 6.84. The minimum atomic E-state index is -1.07. The maximum absolute atomic E-state index is 11.7. The van der Waals surface area contributed by atoms with Crippen molar-refractivity contribution in [3.05, 3.63) is 40.5 Å². The molecule has 1 aromatic carbocycles. The van der Waals surface area contributed by atoms with Gasteiger partial charge in [0.2, 0.25) is 5.89 Å². The first-order chi connectivity index (χ1) is 10.0. The lowest BCUT2D eigenvalue weighted by Gasteiger charge is -2.08. The molecule has 21 heavy (non-hydrogen) atoms. The molecule has 1 aromatic heterocycles. The number of aromatic carboxylic acids is 1. The van der Waals surface area contributed by atoms with E-state index in [4.69, 9.17) is 9.63 Å². The molecule has 8 nitrogen and oxygen atoms in total. The molecule has 0 spiro atoms. The van der Waals surface area contributed by atoms with Crippen LogP contribution in [0.1, 0.15) is 16.2 Å². The zero-order valence-electron chi connectivity index (χ0n) is 10.7. The van der Waals surface area contributed by atoms with E-state index in [1.807, 2.05) is 0 Å². The van der Waals surface area contributed by atoms with Crippen LogP contribution in [0.2, 0.25) is 0 Å². The molecule has 0 aliphatic carbocycles. The van der Waals surface area contributed by atoms with Gasteiger partial charge in [-0.25, -0.2) is 9.59 Å². The number of anilines is 1. The zero-order chi connectivity index (χ0) is 15.2. The topological polar surface area (TPSA) is 117 Å². The van der Waals surface area contributed by atoms with Crippen LogP contribution in [0.5, 0.6) is 0 Å². The smallest absolute Gasteiger partial charge is 0.335 e. The Hall–Kier alpha value is -2.42. The Morgan fingerprint density at radius 3 is 2.81 bits per heavy atom. The van der Waals surface area contributed by atoms with Crippen LogP contribution >= 0.6 is 15.9 Å². The van der Waals surface area contributed by atoms with Gasteiger partial charge in [0.1, 0.15) is 0 Å². The summed E-state index contributed by atoms with van der Waals surface area (Å²) in [5, 5.41) is 17.5. The van der Waals surface area contributed by atoms with Crippen molar-refractivity contribution in [2.75, 3.05) is 11.9 Å². The van der Waals surface area contributed by atoms with Crippen LogP contribution in [0.25, 0.3) is 0 Å². The van der Waals surface area contributed by atoms with Crippen molar-refractivity contribution in [2.45, 2.75) is 6.42 Å². The molecule has 0 radical (unpaired) electrons. The van der Waals surface area contributed by atoms with Gasteiger partial charge in [0.15, 0.2) is 6.33 Å². The normalized spacial score (nSPS) is 10.1. The number of halogens is 1. The lowest BCUT2D eigenvalue weighted by Crippen LogP contribution is -2.30. The van der Waals surface area contributed by atoms with E-state index in [2.05, 4.69) is 36.7 Å². The lowest BCUT2D eigenvalue weighted by atomic mass is 10.2. The summed E-state index contributed by atoms with van der Waals surface area (Å²) in [5.41, 5.74) is 0.447. The summed E-state index contributed by atoms with van der Waals surface area (Å²) in [6, 6.07) is 3.96. The van der Waals surface area contributed by atoms with E-state index < -0.39 is 12.0 Å². The van der Waals surface area contributed by atoms with Gasteiger partial charge in [-0.15, -0.1) is 0 Å². The minimum Gasteiger partial charge on any atom is -0.478 e. The van der Waals surface area contributed by atoms with Gasteiger partial charge in [-0.1, -0.05) is 21.1 Å². The molecule has 0 atom stereocenters. The van der Waals surface area contributed by atoms with Crippen molar-refractivity contribution in [1.82, 2.24) is 15.5 Å². The Balaban J connectivity index is 1.88. The van der Waals surface area contributed by atoms with Crippen LogP contribution in [0.15, 0.2) is 33.5 Å². The first-order valence-corrected chi connectivity index (χ1v) is 6.68. The van der Waals surface area contributed by atoms with Gasteiger partial charge in [0.25, 0.3) is 0 Å². The molecule has 110 valence electrons. The van der Waals surface area contributed by atoms with Gasteiger partial charge in [0, 0.05) is 23.1 Å². The van der Waals surface area contributed by atoms with Crippen molar-refractivity contribution in [2.24, 2.45) is 0 Å². The summed E-state index contributed by atoms with van der Waals surface area (Å²) in [6.45, 7) is 0.313. The van der Waals surface area contributed by atoms with Gasteiger partial charge in [0.05, 0.1) is 5.56 Å². The molecule has 1 heterocycles. The van der Waals surface area contributed by atoms with Crippen LogP contribution < -0.4 is 10.6 Å². The monoisotopic (exact) mass is 354 g/mol. The number of benzene rings is 1. The highest BCUT2D eigenvalue weighted by Crippen LogP contribution is 2.19. The zero-order valence-corrected chi connectivity index (χ0v) is 12.3. The first-order valence-electron chi connectivity index (χ1n) is 5.89. The molecule has 0 aliphatic rings. The number of nitrogens with one attached hydrogen (secondary N) is 2. The van der Waals surface area contributed by atoms with Crippen molar-refractivity contribution < 1.29 is 19.2 Å². The summed E-state index contributed by atoms with van der Waals surface area (Å²) in [6.07, 6.45) is 1.69. The molecule has 2 rings (SSSR count). The van der Waals surface area contributed by atoms with Gasteiger partial charge in [-0.05, 0) is 18.2 Å². The Kier molecular flexibility index (Phi) is 4.88. The van der Waals surface area contributed by atoms with Gasteiger partial charge in [-0.2, -0.15) is 4.98 Å². The molecule has 0 bridgehead atoms. The van der Waals surface area contributed by atoms with Crippen LogP contribution in [0.3, 0.4) is 0 Å². The van der Waals surface area contributed by atoms with E-state index in [1.165, 1.54) is 18.5 Å². The number of carbonyl (C=O) groups is 2. The highest BCUT2D eigenvalue weighted by Gasteiger charge is 2.08. The van der Waals surface area contributed by atoms with Crippen molar-refractivity contribution in [3.8, 4) is 0 Å². The number of nitrogens with zero attached hydrogens (tertiary/aromatic N) is 2. The summed E-state index contributed by atoms with van der Waals surface area (Å²) in [4.78, 5) is 26.4. The third-order valence-electron chi connectivity index (χ3n) is 2.43. The fourth-order valence-corrected chi connectivity index (χ4v) is 2.04. The molecule has 0 unspecified atom stereocenters. The highest BCUT2D eigenvalue weighted by molar-refractivity contribution is 9.10. The molecule has 2 aromatic rings. The number of amides is 2. The second-order valence-electron chi connectivity index (χ2n) is 4.00. The van der Waals surface area contributed by atoms with Crippen LogP contribution in [-0.2, 0) is 6.42 Å². The number of carboxylic acids is 1. The highest BCUT2D eigenvalue weighted by atomic mass is 79.9.